The van der Waals surface area contributed by atoms with Crippen molar-refractivity contribution in [3.63, 3.8) is 0 Å². The van der Waals surface area contributed by atoms with E-state index in [0.29, 0.717) is 30.0 Å². The molecule has 7 heteroatoms. The van der Waals surface area contributed by atoms with Crippen molar-refractivity contribution in [2.45, 2.75) is 40.2 Å². The highest BCUT2D eigenvalue weighted by molar-refractivity contribution is 5.90. The first-order chi connectivity index (χ1) is 13.9. The molecule has 0 saturated heterocycles. The Balaban J connectivity index is 1.71. The van der Waals surface area contributed by atoms with E-state index in [1.54, 1.807) is 18.5 Å². The number of hydrogen-bond donors (Lipinski definition) is 2. The zero-order chi connectivity index (χ0) is 21.0. The Labute approximate surface area is 169 Å². The van der Waals surface area contributed by atoms with Crippen molar-refractivity contribution in [2.75, 3.05) is 5.32 Å². The highest BCUT2D eigenvalue weighted by Gasteiger charge is 2.15. The third-order valence-electron chi connectivity index (χ3n) is 4.87. The molecule has 2 heterocycles. The predicted molar refractivity (Wildman–Crippen MR) is 111 cm³/mol. The van der Waals surface area contributed by atoms with Crippen molar-refractivity contribution < 1.29 is 4.79 Å². The molecule has 3 rings (SSSR count). The molecule has 0 spiro atoms. The van der Waals surface area contributed by atoms with Crippen molar-refractivity contribution in [1.29, 1.82) is 5.26 Å². The number of aromatic amines is 1. The average Bonchev–Trinajstić information content (AvgIpc) is 3.01. The second kappa shape index (κ2) is 8.57. The monoisotopic (exact) mass is 389 g/mol. The van der Waals surface area contributed by atoms with Gasteiger partial charge in [0, 0.05) is 18.2 Å². The minimum atomic E-state index is -0.393. The maximum atomic E-state index is 12.6. The van der Waals surface area contributed by atoms with Crippen molar-refractivity contribution in [3.8, 4) is 6.07 Å². The molecule has 0 saturated carbocycles. The first-order valence-electron chi connectivity index (χ1n) is 9.39. The molecule has 1 amide bonds. The molecule has 0 fully saturated rings. The minimum Gasteiger partial charge on any atom is -0.325 e. The van der Waals surface area contributed by atoms with E-state index in [0.717, 1.165) is 16.8 Å². The molecule has 0 atom stereocenters. The van der Waals surface area contributed by atoms with E-state index in [1.807, 2.05) is 49.4 Å². The number of nitriles is 1. The number of carbonyl (C=O) groups is 1. The summed E-state index contributed by atoms with van der Waals surface area (Å²) in [5.41, 5.74) is 3.76. The Hall–Kier alpha value is -3.66. The smallest absolute Gasteiger partial charge is 0.266 e. The average molecular weight is 389 g/mol. The topological polar surface area (TPSA) is 104 Å². The van der Waals surface area contributed by atoms with Crippen molar-refractivity contribution >= 4 is 11.7 Å². The van der Waals surface area contributed by atoms with Crippen LogP contribution in [0.15, 0.2) is 41.2 Å². The van der Waals surface area contributed by atoms with Crippen LogP contribution in [0.5, 0.6) is 0 Å². The Morgan fingerprint density at radius 1 is 1.24 bits per heavy atom. The van der Waals surface area contributed by atoms with Gasteiger partial charge in [0.2, 0.25) is 5.91 Å². The Kier molecular flexibility index (Phi) is 5.93. The van der Waals surface area contributed by atoms with Gasteiger partial charge >= 0.3 is 0 Å². The van der Waals surface area contributed by atoms with Crippen molar-refractivity contribution in [1.82, 2.24) is 14.8 Å². The third-order valence-corrected chi connectivity index (χ3v) is 4.87. The van der Waals surface area contributed by atoms with Crippen LogP contribution in [0, 0.1) is 32.1 Å². The van der Waals surface area contributed by atoms with Gasteiger partial charge in [-0.25, -0.2) is 4.68 Å². The fourth-order valence-electron chi connectivity index (χ4n) is 3.39. The number of rotatable bonds is 6. The van der Waals surface area contributed by atoms with E-state index in [4.69, 9.17) is 0 Å². The van der Waals surface area contributed by atoms with Crippen molar-refractivity contribution in [2.24, 2.45) is 0 Å². The van der Waals surface area contributed by atoms with Crippen LogP contribution in [0.1, 0.15) is 40.1 Å². The molecular weight excluding hydrogens is 366 g/mol. The van der Waals surface area contributed by atoms with Crippen LogP contribution in [0.3, 0.4) is 0 Å². The standard InChI is InChI=1S/C22H23N5O2/c1-14-11-20(27(26-14)13-17-7-5-4-6-8-17)25-21(28)10-9-18-15(2)19(12-23)22(29)24-16(18)3/h4-8,11H,9-10,13H2,1-3H3,(H,24,29)(H,25,28). The largest absolute Gasteiger partial charge is 0.325 e. The number of anilines is 1. The van der Waals surface area contributed by atoms with Crippen LogP contribution < -0.4 is 10.9 Å². The molecule has 0 aliphatic heterocycles. The van der Waals surface area contributed by atoms with Crippen LogP contribution in [-0.2, 0) is 17.8 Å². The summed E-state index contributed by atoms with van der Waals surface area (Å²) < 4.78 is 1.77. The quantitative estimate of drug-likeness (QED) is 0.676. The molecule has 3 aromatic rings. The SMILES string of the molecule is Cc1cc(NC(=O)CCc2c(C)[nH]c(=O)c(C#N)c2C)n(Cc2ccccc2)n1. The first-order valence-corrected chi connectivity index (χ1v) is 9.39. The maximum absolute atomic E-state index is 12.6. The molecule has 2 aromatic heterocycles. The van der Waals surface area contributed by atoms with Gasteiger partial charge in [0.25, 0.3) is 5.56 Å². The van der Waals surface area contributed by atoms with Gasteiger partial charge < -0.3 is 10.3 Å². The number of nitrogens with one attached hydrogen (secondary N) is 2. The van der Waals surface area contributed by atoms with E-state index in [-0.39, 0.29) is 17.9 Å². The summed E-state index contributed by atoms with van der Waals surface area (Å²) in [7, 11) is 0. The number of carbonyl (C=O) groups excluding carboxylic acids is 1. The number of aromatic nitrogens is 3. The summed E-state index contributed by atoms with van der Waals surface area (Å²) in [4.78, 5) is 27.1. The molecule has 7 nitrogen and oxygen atoms in total. The highest BCUT2D eigenvalue weighted by Crippen LogP contribution is 2.17. The van der Waals surface area contributed by atoms with E-state index in [2.05, 4.69) is 15.4 Å². The van der Waals surface area contributed by atoms with Gasteiger partial charge in [-0.1, -0.05) is 30.3 Å². The van der Waals surface area contributed by atoms with Crippen LogP contribution in [-0.4, -0.2) is 20.7 Å². The van der Waals surface area contributed by atoms with Gasteiger partial charge in [-0.15, -0.1) is 0 Å². The number of pyridine rings is 1. The van der Waals surface area contributed by atoms with Gasteiger partial charge in [-0.05, 0) is 43.9 Å². The number of hydrogen-bond acceptors (Lipinski definition) is 4. The lowest BCUT2D eigenvalue weighted by Gasteiger charge is -2.12. The summed E-state index contributed by atoms with van der Waals surface area (Å²) in [6, 6.07) is 13.7. The minimum absolute atomic E-state index is 0.0996. The zero-order valence-corrected chi connectivity index (χ0v) is 16.7. The summed E-state index contributed by atoms with van der Waals surface area (Å²) in [6.45, 7) is 5.97. The maximum Gasteiger partial charge on any atom is 0.266 e. The summed E-state index contributed by atoms with van der Waals surface area (Å²) >= 11 is 0. The Bertz CT molecular complexity index is 1140. The molecule has 0 unspecified atom stereocenters. The van der Waals surface area contributed by atoms with Crippen LogP contribution >= 0.6 is 0 Å². The lowest BCUT2D eigenvalue weighted by Crippen LogP contribution is -2.19. The van der Waals surface area contributed by atoms with Gasteiger partial charge in [-0.2, -0.15) is 10.4 Å². The molecule has 148 valence electrons. The summed E-state index contributed by atoms with van der Waals surface area (Å²) in [5, 5.41) is 16.6. The Morgan fingerprint density at radius 3 is 2.66 bits per heavy atom. The van der Waals surface area contributed by atoms with E-state index >= 15 is 0 Å². The molecule has 29 heavy (non-hydrogen) atoms. The predicted octanol–water partition coefficient (Wildman–Crippen LogP) is 2.99. The number of H-pyrrole nitrogens is 1. The summed E-state index contributed by atoms with van der Waals surface area (Å²) in [6.07, 6.45) is 0.662. The lowest BCUT2D eigenvalue weighted by molar-refractivity contribution is -0.116. The van der Waals surface area contributed by atoms with Gasteiger partial charge in [0.1, 0.15) is 17.5 Å². The van der Waals surface area contributed by atoms with Crippen LogP contribution in [0.4, 0.5) is 5.82 Å². The fourth-order valence-corrected chi connectivity index (χ4v) is 3.39. The first kappa shape index (κ1) is 20.1. The Morgan fingerprint density at radius 2 is 1.97 bits per heavy atom. The van der Waals surface area contributed by atoms with E-state index < -0.39 is 5.56 Å². The third kappa shape index (κ3) is 4.61. The van der Waals surface area contributed by atoms with Gasteiger partial charge in [0.05, 0.1) is 12.2 Å². The molecule has 1 aromatic carbocycles. The van der Waals surface area contributed by atoms with Gasteiger partial charge in [-0.3, -0.25) is 9.59 Å². The normalized spacial score (nSPS) is 10.6. The molecule has 0 aliphatic carbocycles. The number of benzene rings is 1. The molecule has 0 aliphatic rings. The highest BCUT2D eigenvalue weighted by atomic mass is 16.1. The zero-order valence-electron chi connectivity index (χ0n) is 16.7. The molecule has 2 N–H and O–H groups in total. The van der Waals surface area contributed by atoms with E-state index in [9.17, 15) is 14.9 Å². The van der Waals surface area contributed by atoms with Crippen molar-refractivity contribution in [3.05, 3.63) is 80.4 Å². The van der Waals surface area contributed by atoms with Gasteiger partial charge in [0.15, 0.2) is 0 Å². The van der Waals surface area contributed by atoms with Crippen LogP contribution in [0.25, 0.3) is 0 Å². The second-order valence-corrected chi connectivity index (χ2v) is 7.03. The lowest BCUT2D eigenvalue weighted by atomic mass is 9.99. The van der Waals surface area contributed by atoms with Crippen LogP contribution in [0.2, 0.25) is 0 Å². The molecular formula is C22H23N5O2. The second-order valence-electron chi connectivity index (χ2n) is 7.03. The number of amides is 1. The molecule has 0 radical (unpaired) electrons. The molecule has 0 bridgehead atoms. The number of nitrogens with zero attached hydrogens (tertiary/aromatic N) is 3. The summed E-state index contributed by atoms with van der Waals surface area (Å²) in [5.74, 6) is 0.492. The fraction of sp³-hybridized carbons (Fsp3) is 0.273. The number of aryl methyl sites for hydroxylation is 2. The van der Waals surface area contributed by atoms with E-state index in [1.165, 1.54) is 0 Å².